The van der Waals surface area contributed by atoms with E-state index < -0.39 is 16.7 Å². The number of amides is 2. The van der Waals surface area contributed by atoms with E-state index in [0.29, 0.717) is 39.0 Å². The molecule has 0 saturated carbocycles. The second kappa shape index (κ2) is 9.69. The average Bonchev–Trinajstić information content (AvgIpc) is 3.53. The van der Waals surface area contributed by atoms with Crippen molar-refractivity contribution in [3.63, 3.8) is 0 Å². The number of rotatable bonds is 7. The number of ether oxygens (including phenoxy) is 3. The minimum absolute atomic E-state index is 0.00312. The van der Waals surface area contributed by atoms with Gasteiger partial charge in [0.15, 0.2) is 11.5 Å². The number of thiophene rings is 1. The number of fused-ring (bicyclic) bond motifs is 1. The third kappa shape index (κ3) is 4.70. The quantitative estimate of drug-likeness (QED) is 0.259. The highest BCUT2D eigenvalue weighted by molar-refractivity contribution is 7.18. The molecule has 2 aromatic heterocycles. The van der Waals surface area contributed by atoms with E-state index >= 15 is 0 Å². The fourth-order valence-corrected chi connectivity index (χ4v) is 4.06. The number of hydrazine groups is 1. The zero-order valence-corrected chi connectivity index (χ0v) is 19.5. The Labute approximate surface area is 202 Å². The number of methoxy groups -OCH3 is 3. The lowest BCUT2D eigenvalue weighted by Gasteiger charge is -2.14. The molecule has 0 fully saturated rings. The zero-order valence-electron chi connectivity index (χ0n) is 18.7. The van der Waals surface area contributed by atoms with E-state index in [2.05, 4.69) is 20.8 Å². The van der Waals surface area contributed by atoms with Crippen molar-refractivity contribution in [2.75, 3.05) is 21.3 Å². The average molecular weight is 497 g/mol. The number of nitrogens with zero attached hydrogens (tertiary/aromatic N) is 2. The Balaban J connectivity index is 1.49. The Morgan fingerprint density at radius 2 is 1.60 bits per heavy atom. The molecule has 0 aliphatic carbocycles. The van der Waals surface area contributed by atoms with Gasteiger partial charge < -0.3 is 19.2 Å². The number of imidazole rings is 1. The molecule has 4 rings (SSSR count). The standard InChI is InChI=1S/C22H19N5O7S/c1-32-15-9-12(10-16(33-2)19(15)34-3)22(29)26-25-21(28)11-4-5-13-14(8-11)24-20(23-13)17-6-7-18(35-17)27(30)31/h4-10H,1-3H3,(H,23,24)(H,25,28)(H,26,29). The monoisotopic (exact) mass is 497 g/mol. The number of carbonyl (C=O) groups is 2. The molecular formula is C22H19N5O7S. The molecular weight excluding hydrogens is 478 g/mol. The maximum Gasteiger partial charge on any atom is 0.324 e. The number of hydrogen-bond donors (Lipinski definition) is 3. The van der Waals surface area contributed by atoms with E-state index in [-0.39, 0.29) is 16.1 Å². The Kier molecular flexibility index (Phi) is 6.51. The fourth-order valence-electron chi connectivity index (χ4n) is 3.29. The summed E-state index contributed by atoms with van der Waals surface area (Å²) in [5, 5.41) is 10.9. The lowest BCUT2D eigenvalue weighted by molar-refractivity contribution is -0.380. The van der Waals surface area contributed by atoms with Gasteiger partial charge in [0.2, 0.25) is 5.75 Å². The van der Waals surface area contributed by atoms with Gasteiger partial charge in [-0.15, -0.1) is 0 Å². The number of hydrogen-bond acceptors (Lipinski definition) is 9. The van der Waals surface area contributed by atoms with E-state index in [1.807, 2.05) is 0 Å². The van der Waals surface area contributed by atoms with Gasteiger partial charge in [0.25, 0.3) is 11.8 Å². The van der Waals surface area contributed by atoms with Gasteiger partial charge in [0, 0.05) is 17.2 Å². The van der Waals surface area contributed by atoms with Crippen molar-refractivity contribution in [3.05, 3.63) is 63.7 Å². The van der Waals surface area contributed by atoms with Crippen LogP contribution in [-0.2, 0) is 0 Å². The van der Waals surface area contributed by atoms with Gasteiger partial charge in [-0.05, 0) is 36.4 Å². The van der Waals surface area contributed by atoms with Gasteiger partial charge >= 0.3 is 5.00 Å². The van der Waals surface area contributed by atoms with Crippen molar-refractivity contribution < 1.29 is 28.7 Å². The third-order valence-electron chi connectivity index (χ3n) is 4.97. The first-order valence-corrected chi connectivity index (χ1v) is 10.8. The lowest BCUT2D eigenvalue weighted by Crippen LogP contribution is -2.41. The molecule has 35 heavy (non-hydrogen) atoms. The van der Waals surface area contributed by atoms with Crippen molar-refractivity contribution in [1.29, 1.82) is 0 Å². The van der Waals surface area contributed by atoms with Crippen LogP contribution in [0.2, 0.25) is 0 Å². The van der Waals surface area contributed by atoms with Crippen LogP contribution in [0.1, 0.15) is 20.7 Å². The van der Waals surface area contributed by atoms with Crippen molar-refractivity contribution in [1.82, 2.24) is 20.8 Å². The summed E-state index contributed by atoms with van der Waals surface area (Å²) in [7, 11) is 4.30. The number of H-pyrrole nitrogens is 1. The smallest absolute Gasteiger partial charge is 0.324 e. The summed E-state index contributed by atoms with van der Waals surface area (Å²) >= 11 is 0.991. The molecule has 2 heterocycles. The summed E-state index contributed by atoms with van der Waals surface area (Å²) in [5.74, 6) is 0.212. The SMILES string of the molecule is COc1cc(C(=O)NNC(=O)c2ccc3nc(-c4ccc([N+](=O)[O-])s4)[nH]c3c2)cc(OC)c1OC. The highest BCUT2D eigenvalue weighted by Crippen LogP contribution is 2.38. The van der Waals surface area contributed by atoms with E-state index in [1.165, 1.54) is 39.5 Å². The minimum atomic E-state index is -0.596. The molecule has 0 aliphatic rings. The normalized spacial score (nSPS) is 10.6. The Bertz CT molecular complexity index is 1420. The van der Waals surface area contributed by atoms with Crippen LogP contribution in [0, 0.1) is 10.1 Å². The van der Waals surface area contributed by atoms with Crippen LogP contribution in [-0.4, -0.2) is 48.0 Å². The first-order chi connectivity index (χ1) is 16.8. The maximum atomic E-state index is 12.6. The second-order valence-corrected chi connectivity index (χ2v) is 8.10. The molecule has 2 aromatic carbocycles. The Hall–Kier alpha value is -4.65. The molecule has 0 spiro atoms. The number of nitrogens with one attached hydrogen (secondary N) is 3. The summed E-state index contributed by atoms with van der Waals surface area (Å²) in [6, 6.07) is 10.7. The van der Waals surface area contributed by atoms with Crippen molar-refractivity contribution in [2.45, 2.75) is 0 Å². The number of aromatic amines is 1. The Morgan fingerprint density at radius 3 is 2.17 bits per heavy atom. The third-order valence-corrected chi connectivity index (χ3v) is 6.01. The predicted octanol–water partition coefficient (Wildman–Crippen LogP) is 3.30. The number of nitro groups is 1. The molecule has 0 bridgehead atoms. The molecule has 0 radical (unpaired) electrons. The van der Waals surface area contributed by atoms with E-state index in [1.54, 1.807) is 24.3 Å². The largest absolute Gasteiger partial charge is 0.493 e. The highest BCUT2D eigenvalue weighted by Gasteiger charge is 2.18. The van der Waals surface area contributed by atoms with Gasteiger partial charge in [0.1, 0.15) is 5.82 Å². The lowest BCUT2D eigenvalue weighted by atomic mass is 10.1. The van der Waals surface area contributed by atoms with Crippen LogP contribution in [0.25, 0.3) is 21.7 Å². The molecule has 0 aliphatic heterocycles. The van der Waals surface area contributed by atoms with Gasteiger partial charge in [-0.25, -0.2) is 4.98 Å². The Morgan fingerprint density at radius 1 is 0.943 bits per heavy atom. The molecule has 4 aromatic rings. The molecule has 0 atom stereocenters. The summed E-state index contributed by atoms with van der Waals surface area (Å²) in [4.78, 5) is 43.7. The molecule has 2 amide bonds. The summed E-state index contributed by atoms with van der Waals surface area (Å²) < 4.78 is 15.7. The van der Waals surface area contributed by atoms with Crippen LogP contribution in [0.15, 0.2) is 42.5 Å². The summed E-state index contributed by atoms with van der Waals surface area (Å²) in [6.07, 6.45) is 0. The van der Waals surface area contributed by atoms with Crippen LogP contribution < -0.4 is 25.1 Å². The molecule has 12 nitrogen and oxygen atoms in total. The van der Waals surface area contributed by atoms with E-state index in [0.717, 1.165) is 11.3 Å². The molecule has 180 valence electrons. The van der Waals surface area contributed by atoms with Crippen molar-refractivity contribution in [2.24, 2.45) is 0 Å². The maximum absolute atomic E-state index is 12.6. The van der Waals surface area contributed by atoms with Crippen LogP contribution >= 0.6 is 11.3 Å². The van der Waals surface area contributed by atoms with Crippen LogP contribution in [0.5, 0.6) is 17.2 Å². The number of benzene rings is 2. The van der Waals surface area contributed by atoms with Crippen molar-refractivity contribution in [3.8, 4) is 28.0 Å². The molecule has 13 heteroatoms. The zero-order chi connectivity index (χ0) is 25.1. The molecule has 0 saturated heterocycles. The fraction of sp³-hybridized carbons (Fsp3) is 0.136. The molecule has 3 N–H and O–H groups in total. The second-order valence-electron chi connectivity index (χ2n) is 7.03. The van der Waals surface area contributed by atoms with E-state index in [4.69, 9.17) is 14.2 Å². The van der Waals surface area contributed by atoms with Crippen LogP contribution in [0.4, 0.5) is 5.00 Å². The predicted molar refractivity (Wildman–Crippen MR) is 127 cm³/mol. The highest BCUT2D eigenvalue weighted by atomic mass is 32.1. The van der Waals surface area contributed by atoms with Gasteiger partial charge in [-0.3, -0.25) is 30.6 Å². The topological polar surface area (TPSA) is 158 Å². The first kappa shape index (κ1) is 23.5. The van der Waals surface area contributed by atoms with Gasteiger partial charge in [0.05, 0.1) is 42.2 Å². The van der Waals surface area contributed by atoms with Gasteiger partial charge in [-0.2, -0.15) is 0 Å². The summed E-state index contributed by atoms with van der Waals surface area (Å²) in [6.45, 7) is 0. The van der Waals surface area contributed by atoms with Crippen LogP contribution in [0.3, 0.4) is 0 Å². The summed E-state index contributed by atoms with van der Waals surface area (Å²) in [5.41, 5.74) is 6.28. The number of carbonyl (C=O) groups excluding carboxylic acids is 2. The minimum Gasteiger partial charge on any atom is -0.493 e. The number of aromatic nitrogens is 2. The van der Waals surface area contributed by atoms with E-state index in [9.17, 15) is 19.7 Å². The van der Waals surface area contributed by atoms with Crippen molar-refractivity contribution >= 4 is 39.2 Å². The van der Waals surface area contributed by atoms with Gasteiger partial charge in [-0.1, -0.05) is 11.3 Å². The first-order valence-electron chi connectivity index (χ1n) is 9.99. The molecule has 0 unspecified atom stereocenters.